The van der Waals surface area contributed by atoms with Crippen molar-refractivity contribution in [3.63, 3.8) is 0 Å². The summed E-state index contributed by atoms with van der Waals surface area (Å²) in [6.07, 6.45) is -13.2. The van der Waals surface area contributed by atoms with E-state index in [0.717, 1.165) is 0 Å². The van der Waals surface area contributed by atoms with Crippen LogP contribution in [-0.2, 0) is 4.74 Å². The van der Waals surface area contributed by atoms with Crippen LogP contribution in [0.4, 0.5) is 52.7 Å². The summed E-state index contributed by atoms with van der Waals surface area (Å²) in [5.74, 6) is -19.1. The standard InChI is InChI=1S/C8F12I2O/c9-3(21)1(5(11,12)7(15,16)17)23-2(4(10)22)6(13,14)8(18,19)20. The van der Waals surface area contributed by atoms with Crippen LogP contribution in [0, 0.1) is 0 Å². The monoisotopic (exact) mass is 594 g/mol. The first-order chi connectivity index (χ1) is 9.87. The van der Waals surface area contributed by atoms with Gasteiger partial charge in [-0.2, -0.15) is 52.7 Å². The molecule has 0 unspecified atom stereocenters. The zero-order valence-corrected chi connectivity index (χ0v) is 14.0. The third-order valence-electron chi connectivity index (χ3n) is 1.83. The van der Waals surface area contributed by atoms with Crippen LogP contribution < -0.4 is 0 Å². The maximum atomic E-state index is 12.9. The third-order valence-corrected chi connectivity index (χ3v) is 2.81. The quantitative estimate of drug-likeness (QED) is 0.204. The zero-order valence-electron chi connectivity index (χ0n) is 9.70. The lowest BCUT2D eigenvalue weighted by Crippen LogP contribution is -2.43. The second-order valence-corrected chi connectivity index (χ2v) is 5.32. The number of hydrogen-bond donors (Lipinski definition) is 0. The fourth-order valence-electron chi connectivity index (χ4n) is 0.802. The molecule has 0 aliphatic heterocycles. The molecule has 0 spiro atoms. The Morgan fingerprint density at radius 3 is 0.913 bits per heavy atom. The summed E-state index contributed by atoms with van der Waals surface area (Å²) in [5, 5.41) is 0. The van der Waals surface area contributed by atoms with Crippen LogP contribution in [0.3, 0.4) is 0 Å². The van der Waals surface area contributed by atoms with E-state index in [1.165, 1.54) is 0 Å². The van der Waals surface area contributed by atoms with Gasteiger partial charge in [0.25, 0.3) is 0 Å². The van der Waals surface area contributed by atoms with Gasteiger partial charge in [0.15, 0.2) is 0 Å². The van der Waals surface area contributed by atoms with E-state index in [4.69, 9.17) is 0 Å². The van der Waals surface area contributed by atoms with Gasteiger partial charge < -0.3 is 4.74 Å². The maximum absolute atomic E-state index is 12.9. The summed E-state index contributed by atoms with van der Waals surface area (Å²) in [6.45, 7) is 0. The number of allylic oxidation sites excluding steroid dienone is 2. The number of halogens is 14. The van der Waals surface area contributed by atoms with Gasteiger partial charge in [-0.15, -0.1) is 0 Å². The minimum Gasteiger partial charge on any atom is -0.445 e. The summed E-state index contributed by atoms with van der Waals surface area (Å²) in [4.78, 5) is 0. The molecule has 0 aromatic carbocycles. The fourth-order valence-corrected chi connectivity index (χ4v) is 1.70. The van der Waals surface area contributed by atoms with Crippen molar-refractivity contribution in [1.82, 2.24) is 0 Å². The van der Waals surface area contributed by atoms with Crippen LogP contribution in [0.25, 0.3) is 0 Å². The highest BCUT2D eigenvalue weighted by Gasteiger charge is 2.67. The van der Waals surface area contributed by atoms with E-state index >= 15 is 0 Å². The molecular formula is C8F12I2O. The van der Waals surface area contributed by atoms with E-state index in [2.05, 4.69) is 4.74 Å². The second kappa shape index (κ2) is 7.03. The number of ether oxygens (including phenoxy) is 1. The van der Waals surface area contributed by atoms with Crippen LogP contribution in [0.1, 0.15) is 0 Å². The Hall–Kier alpha value is -0.100. The third kappa shape index (κ3) is 4.94. The average molecular weight is 594 g/mol. The predicted octanol–water partition coefficient (Wildman–Crippen LogP) is 6.55. The number of rotatable bonds is 4. The molecule has 0 radical (unpaired) electrons. The molecule has 1 nitrogen and oxygen atoms in total. The van der Waals surface area contributed by atoms with Crippen molar-refractivity contribution in [2.24, 2.45) is 0 Å². The lowest BCUT2D eigenvalue weighted by Gasteiger charge is -2.26. The molecule has 0 bridgehead atoms. The first-order valence-electron chi connectivity index (χ1n) is 4.55. The molecule has 15 heteroatoms. The zero-order chi connectivity index (χ0) is 19.0. The molecule has 0 saturated carbocycles. The van der Waals surface area contributed by atoms with Gasteiger partial charge in [-0.3, -0.25) is 0 Å². The van der Waals surface area contributed by atoms with E-state index in [-0.39, 0.29) is 45.2 Å². The van der Waals surface area contributed by atoms with Crippen molar-refractivity contribution in [2.75, 3.05) is 0 Å². The van der Waals surface area contributed by atoms with Crippen molar-refractivity contribution < 1.29 is 57.4 Å². The molecule has 0 aliphatic carbocycles. The molecule has 0 saturated heterocycles. The van der Waals surface area contributed by atoms with Crippen molar-refractivity contribution in [3.8, 4) is 0 Å². The van der Waals surface area contributed by atoms with Crippen LogP contribution in [0.15, 0.2) is 19.2 Å². The maximum Gasteiger partial charge on any atom is 0.461 e. The van der Waals surface area contributed by atoms with Crippen molar-refractivity contribution in [3.05, 3.63) is 19.2 Å². The molecule has 0 N–H and O–H groups in total. The van der Waals surface area contributed by atoms with E-state index < -0.39 is 43.4 Å². The lowest BCUT2D eigenvalue weighted by atomic mass is 10.2. The van der Waals surface area contributed by atoms with E-state index in [9.17, 15) is 52.7 Å². The van der Waals surface area contributed by atoms with Crippen molar-refractivity contribution in [1.29, 1.82) is 0 Å². The van der Waals surface area contributed by atoms with Crippen molar-refractivity contribution >= 4 is 45.2 Å². The van der Waals surface area contributed by atoms with Crippen LogP contribution in [-0.4, -0.2) is 24.2 Å². The van der Waals surface area contributed by atoms with Crippen LogP contribution in [0.2, 0.25) is 0 Å². The smallest absolute Gasteiger partial charge is 0.445 e. The lowest BCUT2D eigenvalue weighted by molar-refractivity contribution is -0.290. The second-order valence-electron chi connectivity index (χ2n) is 3.43. The average Bonchev–Trinajstić information content (AvgIpc) is 2.24. The normalized spacial score (nSPS) is 16.8. The van der Waals surface area contributed by atoms with E-state index in [1.807, 2.05) is 0 Å². The molecule has 23 heavy (non-hydrogen) atoms. The molecule has 0 aliphatic rings. The summed E-state index contributed by atoms with van der Waals surface area (Å²) >= 11 is 0.220. The minimum atomic E-state index is -6.61. The molecule has 0 atom stereocenters. The number of hydrogen-bond acceptors (Lipinski definition) is 1. The Morgan fingerprint density at radius 2 is 0.783 bits per heavy atom. The van der Waals surface area contributed by atoms with E-state index in [1.54, 1.807) is 0 Å². The fraction of sp³-hybridized carbons (Fsp3) is 0.500. The number of alkyl halides is 10. The van der Waals surface area contributed by atoms with Crippen LogP contribution in [0.5, 0.6) is 0 Å². The summed E-state index contributed by atoms with van der Waals surface area (Å²) in [5.41, 5.74) is 0. The molecule has 0 aromatic rings. The Kier molecular flexibility index (Phi) is 7.00. The van der Waals surface area contributed by atoms with Gasteiger partial charge in [0.05, 0.1) is 0 Å². The molecule has 0 heterocycles. The molecule has 0 rings (SSSR count). The van der Waals surface area contributed by atoms with Crippen LogP contribution >= 0.6 is 45.2 Å². The van der Waals surface area contributed by atoms with Gasteiger partial charge in [0.2, 0.25) is 19.2 Å². The van der Waals surface area contributed by atoms with Gasteiger partial charge in [-0.05, 0) is 45.2 Å². The van der Waals surface area contributed by atoms with Gasteiger partial charge in [-0.25, -0.2) is 0 Å². The summed E-state index contributed by atoms with van der Waals surface area (Å²) in [7, 11) is 0. The Labute approximate surface area is 146 Å². The summed E-state index contributed by atoms with van der Waals surface area (Å²) < 4.78 is 147. The minimum absolute atomic E-state index is 0.110. The SMILES string of the molecule is FC(I)=C(OC(=C(F)I)C(F)(F)C(F)(F)F)C(F)(F)C(F)(F)F. The first-order valence-corrected chi connectivity index (χ1v) is 6.71. The molecule has 136 valence electrons. The van der Waals surface area contributed by atoms with Gasteiger partial charge in [0.1, 0.15) is 0 Å². The topological polar surface area (TPSA) is 9.23 Å². The molecule has 0 amide bonds. The summed E-state index contributed by atoms with van der Waals surface area (Å²) in [6, 6.07) is 0. The highest BCUT2D eigenvalue weighted by molar-refractivity contribution is 14.1. The highest BCUT2D eigenvalue weighted by atomic mass is 127. The Bertz CT molecular complexity index is 460. The van der Waals surface area contributed by atoms with Gasteiger partial charge >= 0.3 is 24.2 Å². The highest BCUT2D eigenvalue weighted by Crippen LogP contribution is 2.49. The van der Waals surface area contributed by atoms with Gasteiger partial charge in [0, 0.05) is 0 Å². The molecule has 0 fully saturated rings. The van der Waals surface area contributed by atoms with Crippen molar-refractivity contribution in [2.45, 2.75) is 24.2 Å². The Balaban J connectivity index is 6.17. The molecule has 0 aromatic heterocycles. The van der Waals surface area contributed by atoms with Gasteiger partial charge in [-0.1, -0.05) is 0 Å². The first kappa shape index (κ1) is 22.9. The Morgan fingerprint density at radius 1 is 0.565 bits per heavy atom. The largest absolute Gasteiger partial charge is 0.461 e. The molecular weight excluding hydrogens is 594 g/mol. The predicted molar refractivity (Wildman–Crippen MR) is 67.4 cm³/mol. The van der Waals surface area contributed by atoms with E-state index in [0.29, 0.717) is 0 Å².